The fraction of sp³-hybridized carbons (Fsp3) is 0. The molecule has 3 rings (SSSR count). The van der Waals surface area contributed by atoms with E-state index in [1.807, 2.05) is 0 Å². The average Bonchev–Trinajstić information content (AvgIpc) is 2.58. The number of hydrogen-bond donors (Lipinski definition) is 0. The predicted molar refractivity (Wildman–Crippen MR) is 91.0 cm³/mol. The van der Waals surface area contributed by atoms with Crippen LogP contribution >= 0.6 is 0 Å². The Hall–Kier alpha value is -1.80. The normalized spacial score (nSPS) is 10.1. The second-order valence-corrected chi connectivity index (χ2v) is 6.28. The Kier molecular flexibility index (Phi) is 4.56. The van der Waals surface area contributed by atoms with E-state index in [0.29, 0.717) is 0 Å². The van der Waals surface area contributed by atoms with Crippen LogP contribution in [0.2, 0.25) is 0 Å². The maximum absolute atomic E-state index is 2.19. The molecule has 0 aliphatic rings. The zero-order valence-electron chi connectivity index (χ0n) is 11.7. The van der Waals surface area contributed by atoms with Crippen LogP contribution in [0.4, 0.5) is 0 Å². The van der Waals surface area contributed by atoms with Crippen molar-refractivity contribution in [3.05, 3.63) is 108 Å². The molecule has 3 radical (unpaired) electrons. The van der Waals surface area contributed by atoms with E-state index in [0.717, 1.165) is 0 Å². The molecular weight excluding hydrogens is 359 g/mol. The molecule has 3 aromatic carbocycles. The van der Waals surface area contributed by atoms with E-state index in [1.54, 1.807) is 0 Å². The summed E-state index contributed by atoms with van der Waals surface area (Å²) in [6.07, 6.45) is 0. The standard InChI is InChI=1S/C20H15.Sn/c1-4-10-17(11-5-1)16-20(18-12-6-2-7-13-18)19-14-8-3-9-15-19;/h1-15H;. The van der Waals surface area contributed by atoms with Gasteiger partial charge in [0.15, 0.2) is 0 Å². The summed E-state index contributed by atoms with van der Waals surface area (Å²) in [7, 11) is 0. The summed E-state index contributed by atoms with van der Waals surface area (Å²) in [5, 5.41) is 0. The quantitative estimate of drug-likeness (QED) is 0.458. The van der Waals surface area contributed by atoms with Crippen molar-refractivity contribution in [3.63, 3.8) is 0 Å². The third kappa shape index (κ3) is 3.27. The number of benzene rings is 3. The van der Waals surface area contributed by atoms with Crippen molar-refractivity contribution in [1.29, 1.82) is 0 Å². The Morgan fingerprint density at radius 3 is 1.19 bits per heavy atom. The minimum absolute atomic E-state index is 1.28. The van der Waals surface area contributed by atoms with Crippen molar-refractivity contribution in [3.8, 4) is 0 Å². The molecule has 0 aliphatic carbocycles. The van der Waals surface area contributed by atoms with Gasteiger partial charge >= 0.3 is 139 Å². The first-order valence-electron chi connectivity index (χ1n) is 6.98. The zero-order chi connectivity index (χ0) is 14.5. The summed E-state index contributed by atoms with van der Waals surface area (Å²) in [5.74, 6) is 0. The van der Waals surface area contributed by atoms with Crippen molar-refractivity contribution >= 4 is 31.7 Å². The minimum atomic E-state index is 1.28. The van der Waals surface area contributed by atoms with Gasteiger partial charge in [-0.2, -0.15) is 0 Å². The van der Waals surface area contributed by atoms with E-state index in [-0.39, 0.29) is 0 Å². The molecule has 21 heavy (non-hydrogen) atoms. The molecule has 0 unspecified atom stereocenters. The molecule has 99 valence electrons. The number of hydrogen-bond acceptors (Lipinski definition) is 0. The van der Waals surface area contributed by atoms with Gasteiger partial charge in [-0.3, -0.25) is 0 Å². The van der Waals surface area contributed by atoms with Crippen molar-refractivity contribution in [1.82, 2.24) is 0 Å². The first-order valence-corrected chi connectivity index (χ1v) is 8.41. The van der Waals surface area contributed by atoms with Crippen LogP contribution < -0.4 is 0 Å². The Labute approximate surface area is 139 Å². The Morgan fingerprint density at radius 1 is 0.476 bits per heavy atom. The Bertz CT molecular complexity index is 687. The molecule has 0 aliphatic heterocycles. The van der Waals surface area contributed by atoms with Crippen molar-refractivity contribution in [2.75, 3.05) is 0 Å². The van der Waals surface area contributed by atoms with Gasteiger partial charge in [-0.1, -0.05) is 0 Å². The molecule has 0 saturated heterocycles. The van der Waals surface area contributed by atoms with Crippen LogP contribution in [0.5, 0.6) is 0 Å². The van der Waals surface area contributed by atoms with Gasteiger partial charge in [0, 0.05) is 0 Å². The van der Waals surface area contributed by atoms with Gasteiger partial charge < -0.3 is 0 Å². The van der Waals surface area contributed by atoms with E-state index in [9.17, 15) is 0 Å². The van der Waals surface area contributed by atoms with Crippen LogP contribution in [0.3, 0.4) is 0 Å². The van der Waals surface area contributed by atoms with E-state index in [1.165, 1.54) is 48.4 Å². The van der Waals surface area contributed by atoms with Crippen LogP contribution in [-0.4, -0.2) is 22.5 Å². The molecule has 3 aromatic rings. The molecule has 1 heteroatoms. The molecule has 0 atom stereocenters. The van der Waals surface area contributed by atoms with E-state index >= 15 is 0 Å². The van der Waals surface area contributed by atoms with Gasteiger partial charge in [-0.05, 0) is 0 Å². The van der Waals surface area contributed by atoms with Crippen LogP contribution in [0.25, 0.3) is 9.16 Å². The fourth-order valence-electron chi connectivity index (χ4n) is 2.41. The molecule has 0 nitrogen and oxygen atoms in total. The molecule has 0 spiro atoms. The van der Waals surface area contributed by atoms with Crippen molar-refractivity contribution in [2.24, 2.45) is 0 Å². The molecule has 0 aromatic heterocycles. The van der Waals surface area contributed by atoms with Gasteiger partial charge in [0.2, 0.25) is 0 Å². The molecule has 0 heterocycles. The van der Waals surface area contributed by atoms with Gasteiger partial charge in [0.05, 0.1) is 0 Å². The Balaban J connectivity index is 2.22. The average molecular weight is 374 g/mol. The fourth-order valence-corrected chi connectivity index (χ4v) is 3.71. The Morgan fingerprint density at radius 2 is 0.810 bits per heavy atom. The molecule has 0 bridgehead atoms. The summed E-state index contributed by atoms with van der Waals surface area (Å²) in [6.45, 7) is 0. The molecular formula is C20H15Sn. The van der Waals surface area contributed by atoms with Gasteiger partial charge in [0.25, 0.3) is 0 Å². The zero-order valence-corrected chi connectivity index (χ0v) is 14.5. The first-order chi connectivity index (χ1) is 10.4. The molecule has 0 fully saturated rings. The molecule has 0 N–H and O–H groups in total. The topological polar surface area (TPSA) is 0 Å². The van der Waals surface area contributed by atoms with Crippen LogP contribution in [0.15, 0.2) is 91.0 Å². The number of rotatable bonds is 3. The maximum atomic E-state index is 2.19. The van der Waals surface area contributed by atoms with E-state index < -0.39 is 0 Å². The predicted octanol–water partition coefficient (Wildman–Crippen LogP) is 4.77. The third-order valence-electron chi connectivity index (χ3n) is 3.44. The summed E-state index contributed by atoms with van der Waals surface area (Å²) < 4.78 is 1.39. The molecule has 0 saturated carbocycles. The summed E-state index contributed by atoms with van der Waals surface area (Å²) in [4.78, 5) is 0. The summed E-state index contributed by atoms with van der Waals surface area (Å²) in [5.41, 5.74) is 5.19. The van der Waals surface area contributed by atoms with Crippen molar-refractivity contribution < 1.29 is 0 Å². The van der Waals surface area contributed by atoms with Crippen LogP contribution in [0.1, 0.15) is 16.7 Å². The molecule has 0 amide bonds. The monoisotopic (exact) mass is 375 g/mol. The van der Waals surface area contributed by atoms with Crippen LogP contribution in [-0.2, 0) is 0 Å². The SMILES string of the molecule is [Sn][C](=C(c1ccccc1)c1ccccc1)c1ccccc1. The van der Waals surface area contributed by atoms with Gasteiger partial charge in [-0.15, -0.1) is 0 Å². The van der Waals surface area contributed by atoms with Gasteiger partial charge in [0.1, 0.15) is 0 Å². The third-order valence-corrected chi connectivity index (χ3v) is 4.97. The van der Waals surface area contributed by atoms with E-state index in [4.69, 9.17) is 0 Å². The summed E-state index contributed by atoms with van der Waals surface area (Å²) >= 11 is 1.43. The second-order valence-electron chi connectivity index (χ2n) is 4.85. The summed E-state index contributed by atoms with van der Waals surface area (Å²) in [6, 6.07) is 32.0. The van der Waals surface area contributed by atoms with Crippen LogP contribution in [0, 0.1) is 0 Å². The van der Waals surface area contributed by atoms with Gasteiger partial charge in [-0.25, -0.2) is 0 Å². The van der Waals surface area contributed by atoms with E-state index in [2.05, 4.69) is 91.0 Å². The van der Waals surface area contributed by atoms with Crippen molar-refractivity contribution in [2.45, 2.75) is 0 Å². The first kappa shape index (κ1) is 14.1. The second kappa shape index (κ2) is 6.77.